The summed E-state index contributed by atoms with van der Waals surface area (Å²) in [6.45, 7) is 5.93. The minimum absolute atomic E-state index is 0.0122. The number of carbonyl (C=O) groups excluding carboxylic acids is 2. The Kier molecular flexibility index (Phi) is 6.77. The molecule has 1 atom stereocenters. The Hall–Kier alpha value is -1.84. The van der Waals surface area contributed by atoms with E-state index in [1.54, 1.807) is 13.0 Å². The Morgan fingerprint density at radius 1 is 1.35 bits per heavy atom. The number of ether oxygens (including phenoxy) is 1. The molecule has 1 rings (SSSR count). The molecule has 20 heavy (non-hydrogen) atoms. The van der Waals surface area contributed by atoms with Gasteiger partial charge in [-0.05, 0) is 51.0 Å². The highest BCUT2D eigenvalue weighted by atomic mass is 16.5. The van der Waals surface area contributed by atoms with Crippen molar-refractivity contribution in [2.45, 2.75) is 40.0 Å². The monoisotopic (exact) mass is 278 g/mol. The third-order valence-corrected chi connectivity index (χ3v) is 3.05. The molecular formula is C16H22O4. The number of rotatable bonds is 8. The second-order valence-corrected chi connectivity index (χ2v) is 4.64. The second kappa shape index (κ2) is 8.35. The molecule has 0 aliphatic heterocycles. The molecule has 0 aliphatic carbocycles. The van der Waals surface area contributed by atoms with Crippen LogP contribution in [-0.2, 0) is 14.3 Å². The molecule has 1 aromatic heterocycles. The van der Waals surface area contributed by atoms with Gasteiger partial charge in [-0.2, -0.15) is 0 Å². The van der Waals surface area contributed by atoms with E-state index >= 15 is 0 Å². The summed E-state index contributed by atoms with van der Waals surface area (Å²) in [6, 6.07) is 3.66. The Morgan fingerprint density at radius 3 is 2.65 bits per heavy atom. The van der Waals surface area contributed by atoms with Crippen LogP contribution in [-0.4, -0.2) is 18.4 Å². The average Bonchev–Trinajstić information content (AvgIpc) is 2.83. The molecular weight excluding hydrogens is 256 g/mol. The summed E-state index contributed by atoms with van der Waals surface area (Å²) in [5.41, 5.74) is 0. The quantitative estimate of drug-likeness (QED) is 0.539. The van der Waals surface area contributed by atoms with Gasteiger partial charge < -0.3 is 9.15 Å². The first-order chi connectivity index (χ1) is 9.56. The molecule has 4 nitrogen and oxygen atoms in total. The molecule has 0 saturated carbocycles. The first kappa shape index (κ1) is 16.2. The van der Waals surface area contributed by atoms with Crippen molar-refractivity contribution in [3.8, 4) is 0 Å². The van der Waals surface area contributed by atoms with Crippen LogP contribution in [0.5, 0.6) is 0 Å². The standard InChI is InChI=1S/C16H22O4/c1-4-13(16(18)19-5-2)7-8-14(17)9-11-15-10-6-12(3)20-15/h6,9-11,13H,4-5,7-8H2,1-3H3. The highest BCUT2D eigenvalue weighted by Gasteiger charge is 2.18. The molecule has 4 heteroatoms. The summed E-state index contributed by atoms with van der Waals surface area (Å²) in [5.74, 6) is 1.05. The third-order valence-electron chi connectivity index (χ3n) is 3.05. The van der Waals surface area contributed by atoms with Crippen LogP contribution in [0.2, 0.25) is 0 Å². The van der Waals surface area contributed by atoms with Gasteiger partial charge in [0.2, 0.25) is 0 Å². The zero-order valence-corrected chi connectivity index (χ0v) is 12.3. The highest BCUT2D eigenvalue weighted by molar-refractivity contribution is 5.93. The van der Waals surface area contributed by atoms with Gasteiger partial charge in [0.05, 0.1) is 12.5 Å². The van der Waals surface area contributed by atoms with E-state index in [-0.39, 0.29) is 17.7 Å². The summed E-state index contributed by atoms with van der Waals surface area (Å²) >= 11 is 0. The van der Waals surface area contributed by atoms with Crippen LogP contribution in [0.25, 0.3) is 6.08 Å². The van der Waals surface area contributed by atoms with Crippen LogP contribution in [0.15, 0.2) is 22.6 Å². The minimum atomic E-state index is -0.214. The summed E-state index contributed by atoms with van der Waals surface area (Å²) in [6.07, 6.45) is 4.70. The molecule has 0 aromatic carbocycles. The van der Waals surface area contributed by atoms with Gasteiger partial charge in [0, 0.05) is 6.42 Å². The number of allylic oxidation sites excluding steroid dienone is 1. The molecule has 0 fully saturated rings. The number of ketones is 1. The van der Waals surface area contributed by atoms with Gasteiger partial charge in [0.1, 0.15) is 11.5 Å². The first-order valence-corrected chi connectivity index (χ1v) is 7.00. The Morgan fingerprint density at radius 2 is 2.10 bits per heavy atom. The highest BCUT2D eigenvalue weighted by Crippen LogP contribution is 2.14. The van der Waals surface area contributed by atoms with Crippen molar-refractivity contribution in [3.63, 3.8) is 0 Å². The van der Waals surface area contributed by atoms with Crippen LogP contribution in [0.4, 0.5) is 0 Å². The first-order valence-electron chi connectivity index (χ1n) is 7.00. The molecule has 0 bridgehead atoms. The number of hydrogen-bond acceptors (Lipinski definition) is 4. The molecule has 1 unspecified atom stereocenters. The second-order valence-electron chi connectivity index (χ2n) is 4.64. The Labute approximate surface area is 119 Å². The zero-order chi connectivity index (χ0) is 15.0. The lowest BCUT2D eigenvalue weighted by atomic mass is 9.99. The predicted octanol–water partition coefficient (Wildman–Crippen LogP) is 3.54. The number of aryl methyl sites for hydroxylation is 1. The molecule has 1 heterocycles. The molecule has 110 valence electrons. The van der Waals surface area contributed by atoms with Crippen molar-refractivity contribution in [1.29, 1.82) is 0 Å². The molecule has 1 aromatic rings. The van der Waals surface area contributed by atoms with Gasteiger partial charge in [-0.1, -0.05) is 6.92 Å². The third kappa shape index (κ3) is 5.43. The van der Waals surface area contributed by atoms with Crippen molar-refractivity contribution >= 4 is 17.8 Å². The maximum atomic E-state index is 11.7. The van der Waals surface area contributed by atoms with Gasteiger partial charge in [-0.25, -0.2) is 0 Å². The van der Waals surface area contributed by atoms with Crippen LogP contribution >= 0.6 is 0 Å². The fraction of sp³-hybridized carbons (Fsp3) is 0.500. The molecule has 0 radical (unpaired) electrons. The van der Waals surface area contributed by atoms with Crippen LogP contribution in [0, 0.1) is 12.8 Å². The molecule has 0 aliphatic rings. The van der Waals surface area contributed by atoms with E-state index in [1.807, 2.05) is 26.0 Å². The van der Waals surface area contributed by atoms with E-state index < -0.39 is 0 Å². The van der Waals surface area contributed by atoms with Crippen molar-refractivity contribution in [2.24, 2.45) is 5.92 Å². The van der Waals surface area contributed by atoms with Crippen LogP contribution < -0.4 is 0 Å². The topological polar surface area (TPSA) is 56.5 Å². The van der Waals surface area contributed by atoms with E-state index in [2.05, 4.69) is 0 Å². The van der Waals surface area contributed by atoms with E-state index in [1.165, 1.54) is 6.08 Å². The van der Waals surface area contributed by atoms with Crippen molar-refractivity contribution in [1.82, 2.24) is 0 Å². The van der Waals surface area contributed by atoms with Crippen molar-refractivity contribution < 1.29 is 18.7 Å². The number of hydrogen-bond donors (Lipinski definition) is 0. The lowest BCUT2D eigenvalue weighted by molar-refractivity contribution is -0.148. The predicted molar refractivity (Wildman–Crippen MR) is 77.1 cm³/mol. The number of furan rings is 1. The minimum Gasteiger partial charge on any atom is -0.466 e. The SMILES string of the molecule is CCOC(=O)C(CC)CCC(=O)C=Cc1ccc(C)o1. The van der Waals surface area contributed by atoms with Crippen molar-refractivity contribution in [3.05, 3.63) is 29.7 Å². The maximum Gasteiger partial charge on any atom is 0.308 e. The van der Waals surface area contributed by atoms with Crippen LogP contribution in [0.1, 0.15) is 44.6 Å². The van der Waals surface area contributed by atoms with Gasteiger partial charge in [-0.3, -0.25) is 9.59 Å². The molecule has 0 saturated heterocycles. The van der Waals surface area contributed by atoms with Gasteiger partial charge in [0.15, 0.2) is 5.78 Å². The van der Waals surface area contributed by atoms with Gasteiger partial charge in [0.25, 0.3) is 0 Å². The van der Waals surface area contributed by atoms with E-state index in [9.17, 15) is 9.59 Å². The van der Waals surface area contributed by atoms with Gasteiger partial charge in [-0.15, -0.1) is 0 Å². The van der Waals surface area contributed by atoms with Crippen molar-refractivity contribution in [2.75, 3.05) is 6.61 Å². The molecule has 0 amide bonds. The summed E-state index contributed by atoms with van der Waals surface area (Å²) in [4.78, 5) is 23.3. The summed E-state index contributed by atoms with van der Waals surface area (Å²) < 4.78 is 10.3. The Bertz CT molecular complexity index is 471. The Balaban J connectivity index is 2.42. The number of carbonyl (C=O) groups is 2. The average molecular weight is 278 g/mol. The normalized spacial score (nSPS) is 12.6. The fourth-order valence-electron chi connectivity index (χ4n) is 1.87. The molecule has 0 N–H and O–H groups in total. The van der Waals surface area contributed by atoms with Crippen LogP contribution in [0.3, 0.4) is 0 Å². The largest absolute Gasteiger partial charge is 0.466 e. The van der Waals surface area contributed by atoms with E-state index in [0.29, 0.717) is 31.6 Å². The van der Waals surface area contributed by atoms with E-state index in [4.69, 9.17) is 9.15 Å². The van der Waals surface area contributed by atoms with Gasteiger partial charge >= 0.3 is 5.97 Å². The summed E-state index contributed by atoms with van der Waals surface area (Å²) in [5, 5.41) is 0. The fourth-order valence-corrected chi connectivity index (χ4v) is 1.87. The smallest absolute Gasteiger partial charge is 0.308 e. The lowest BCUT2D eigenvalue weighted by Crippen LogP contribution is -2.18. The maximum absolute atomic E-state index is 11.7. The molecule has 0 spiro atoms. The lowest BCUT2D eigenvalue weighted by Gasteiger charge is -2.11. The zero-order valence-electron chi connectivity index (χ0n) is 12.3. The van der Waals surface area contributed by atoms with E-state index in [0.717, 1.165) is 5.76 Å². The number of esters is 1. The summed E-state index contributed by atoms with van der Waals surface area (Å²) in [7, 11) is 0.